The number of carboxylic acid groups (broad SMARTS) is 1. The van der Waals surface area contributed by atoms with E-state index in [4.69, 9.17) is 24.1 Å². The van der Waals surface area contributed by atoms with Crippen molar-refractivity contribution in [3.05, 3.63) is 40.7 Å². The number of aliphatic carboxylic acids is 1. The number of carbonyl (C=O) groups excluding carboxylic acids is 1. The van der Waals surface area contributed by atoms with Crippen molar-refractivity contribution in [2.75, 3.05) is 40.6 Å². The highest BCUT2D eigenvalue weighted by Crippen LogP contribution is 2.25. The molecule has 166 valence electrons. The standard InChI is InChI=1S/C21H30N2O7/c1-27-8-10-29-19-17(23-21(26)20(19)30-11-9-28-2)13-16-12-15(14-22-16)6-4-3-5-7-18(24)25/h12-14,22H,3-11H2,1-2H3,(H,23,26)(H,24,25). The van der Waals surface area contributed by atoms with E-state index in [9.17, 15) is 9.59 Å². The molecule has 1 aromatic heterocycles. The predicted molar refractivity (Wildman–Crippen MR) is 109 cm³/mol. The van der Waals surface area contributed by atoms with Crippen LogP contribution < -0.4 is 5.32 Å². The molecule has 0 saturated carbocycles. The van der Waals surface area contributed by atoms with Gasteiger partial charge in [-0.05, 0) is 37.0 Å². The van der Waals surface area contributed by atoms with Gasteiger partial charge in [0, 0.05) is 32.5 Å². The summed E-state index contributed by atoms with van der Waals surface area (Å²) >= 11 is 0. The van der Waals surface area contributed by atoms with Crippen molar-refractivity contribution in [1.29, 1.82) is 0 Å². The first kappa shape index (κ1) is 23.5. The zero-order valence-electron chi connectivity index (χ0n) is 17.5. The smallest absolute Gasteiger partial charge is 0.303 e. The number of carbonyl (C=O) groups is 2. The van der Waals surface area contributed by atoms with Crippen molar-refractivity contribution >= 4 is 18.0 Å². The molecule has 0 spiro atoms. The van der Waals surface area contributed by atoms with Gasteiger partial charge in [-0.1, -0.05) is 6.42 Å². The molecule has 1 aliphatic heterocycles. The fourth-order valence-electron chi connectivity index (χ4n) is 2.92. The van der Waals surface area contributed by atoms with E-state index in [2.05, 4.69) is 10.3 Å². The van der Waals surface area contributed by atoms with Gasteiger partial charge in [0.05, 0.1) is 18.9 Å². The fraction of sp³-hybridized carbons (Fsp3) is 0.524. The van der Waals surface area contributed by atoms with E-state index in [0.717, 1.165) is 30.5 Å². The maximum absolute atomic E-state index is 12.3. The molecule has 0 aromatic carbocycles. The molecule has 9 nitrogen and oxygen atoms in total. The highest BCUT2D eigenvalue weighted by atomic mass is 16.6. The maximum Gasteiger partial charge on any atom is 0.303 e. The predicted octanol–water partition coefficient (Wildman–Crippen LogP) is 2.21. The van der Waals surface area contributed by atoms with Crippen molar-refractivity contribution in [2.45, 2.75) is 32.1 Å². The number of aromatic nitrogens is 1. The average molecular weight is 422 g/mol. The van der Waals surface area contributed by atoms with Gasteiger partial charge in [-0.3, -0.25) is 9.59 Å². The van der Waals surface area contributed by atoms with Crippen LogP contribution >= 0.6 is 0 Å². The van der Waals surface area contributed by atoms with E-state index >= 15 is 0 Å². The third-order valence-corrected chi connectivity index (χ3v) is 4.39. The van der Waals surface area contributed by atoms with Gasteiger partial charge in [0.2, 0.25) is 5.76 Å². The van der Waals surface area contributed by atoms with E-state index in [1.165, 1.54) is 0 Å². The second-order valence-electron chi connectivity index (χ2n) is 6.77. The lowest BCUT2D eigenvalue weighted by Crippen LogP contribution is -2.18. The zero-order chi connectivity index (χ0) is 21.8. The molecule has 30 heavy (non-hydrogen) atoms. The Morgan fingerprint density at radius 3 is 2.40 bits per heavy atom. The third kappa shape index (κ3) is 7.57. The third-order valence-electron chi connectivity index (χ3n) is 4.39. The number of aromatic amines is 1. The van der Waals surface area contributed by atoms with Crippen LogP contribution in [0.3, 0.4) is 0 Å². The summed E-state index contributed by atoms with van der Waals surface area (Å²) in [6, 6.07) is 1.99. The Balaban J connectivity index is 2.03. The number of amides is 1. The molecule has 2 rings (SSSR count). The lowest BCUT2D eigenvalue weighted by molar-refractivity contribution is -0.137. The lowest BCUT2D eigenvalue weighted by Gasteiger charge is -2.10. The Kier molecular flexibility index (Phi) is 9.96. The molecule has 0 aliphatic carbocycles. The van der Waals surface area contributed by atoms with Crippen molar-refractivity contribution in [1.82, 2.24) is 10.3 Å². The quantitative estimate of drug-likeness (QED) is 0.371. The Morgan fingerprint density at radius 2 is 1.73 bits per heavy atom. The van der Waals surface area contributed by atoms with E-state index in [-0.39, 0.29) is 31.3 Å². The first-order valence-corrected chi connectivity index (χ1v) is 9.95. The van der Waals surface area contributed by atoms with Gasteiger partial charge >= 0.3 is 5.97 Å². The van der Waals surface area contributed by atoms with Crippen LogP contribution in [0.2, 0.25) is 0 Å². The Labute approximate surface area is 176 Å². The number of nitrogens with one attached hydrogen (secondary N) is 2. The number of aryl methyl sites for hydroxylation is 1. The summed E-state index contributed by atoms with van der Waals surface area (Å²) in [5.41, 5.74) is 2.44. The monoisotopic (exact) mass is 422 g/mol. The number of methoxy groups -OCH3 is 2. The van der Waals surface area contributed by atoms with Gasteiger partial charge in [-0.15, -0.1) is 0 Å². The summed E-state index contributed by atoms with van der Waals surface area (Å²) in [5, 5.41) is 11.5. The molecule has 0 radical (unpaired) electrons. The van der Waals surface area contributed by atoms with E-state index in [0.29, 0.717) is 31.1 Å². The number of rotatable bonds is 15. The van der Waals surface area contributed by atoms with Crippen LogP contribution in [0, 0.1) is 0 Å². The average Bonchev–Trinajstić information content (AvgIpc) is 3.27. The Bertz CT molecular complexity index is 767. The van der Waals surface area contributed by atoms with E-state index in [1.54, 1.807) is 20.3 Å². The van der Waals surface area contributed by atoms with Crippen LogP contribution in [0.1, 0.15) is 36.9 Å². The molecule has 2 heterocycles. The SMILES string of the molecule is COCCOC1=C(OCCOC)C(=Cc2cc(CCCCCC(=O)O)c[nH]2)NC1=O. The molecule has 1 aromatic rings. The molecular weight excluding hydrogens is 392 g/mol. The topological polar surface area (TPSA) is 119 Å². The summed E-state index contributed by atoms with van der Waals surface area (Å²) in [6.45, 7) is 1.25. The second kappa shape index (κ2) is 12.7. The van der Waals surface area contributed by atoms with Crippen LogP contribution in [0.25, 0.3) is 6.08 Å². The van der Waals surface area contributed by atoms with Crippen molar-refractivity contribution < 1.29 is 33.6 Å². The number of unbranched alkanes of at least 4 members (excludes halogenated alkanes) is 2. The van der Waals surface area contributed by atoms with Gasteiger partial charge < -0.3 is 34.4 Å². The van der Waals surface area contributed by atoms with Crippen molar-refractivity contribution in [3.8, 4) is 0 Å². The summed E-state index contributed by atoms with van der Waals surface area (Å²) in [7, 11) is 3.13. The van der Waals surface area contributed by atoms with Crippen LogP contribution in [-0.4, -0.2) is 62.6 Å². The minimum atomic E-state index is -0.758. The van der Waals surface area contributed by atoms with Crippen LogP contribution in [-0.2, 0) is 35.0 Å². The lowest BCUT2D eigenvalue weighted by atomic mass is 10.1. The molecule has 0 atom stereocenters. The Hall–Kier alpha value is -2.78. The van der Waals surface area contributed by atoms with Crippen LogP contribution in [0.5, 0.6) is 0 Å². The first-order valence-electron chi connectivity index (χ1n) is 9.95. The summed E-state index contributed by atoms with van der Waals surface area (Å²) in [5.74, 6) is -0.654. The molecule has 1 amide bonds. The molecule has 9 heteroatoms. The van der Waals surface area contributed by atoms with Gasteiger partial charge in [0.25, 0.3) is 5.91 Å². The summed E-state index contributed by atoms with van der Waals surface area (Å²) in [4.78, 5) is 26.1. The van der Waals surface area contributed by atoms with Gasteiger partial charge in [-0.25, -0.2) is 0 Å². The molecule has 0 unspecified atom stereocenters. The van der Waals surface area contributed by atoms with Gasteiger partial charge in [0.1, 0.15) is 13.2 Å². The summed E-state index contributed by atoms with van der Waals surface area (Å²) < 4.78 is 21.3. The molecule has 3 N–H and O–H groups in total. The highest BCUT2D eigenvalue weighted by molar-refractivity contribution is 5.99. The van der Waals surface area contributed by atoms with Crippen LogP contribution in [0.4, 0.5) is 0 Å². The first-order chi connectivity index (χ1) is 14.5. The van der Waals surface area contributed by atoms with Crippen LogP contribution in [0.15, 0.2) is 29.5 Å². The second-order valence-corrected chi connectivity index (χ2v) is 6.77. The Morgan fingerprint density at radius 1 is 1.03 bits per heavy atom. The van der Waals surface area contributed by atoms with Gasteiger partial charge in [0.15, 0.2) is 5.76 Å². The number of ether oxygens (including phenoxy) is 4. The highest BCUT2D eigenvalue weighted by Gasteiger charge is 2.31. The fourth-order valence-corrected chi connectivity index (χ4v) is 2.92. The largest absolute Gasteiger partial charge is 0.485 e. The number of carboxylic acids is 1. The summed E-state index contributed by atoms with van der Waals surface area (Å²) in [6.07, 6.45) is 7.22. The van der Waals surface area contributed by atoms with Gasteiger partial charge in [-0.2, -0.15) is 0 Å². The zero-order valence-corrected chi connectivity index (χ0v) is 17.5. The minimum Gasteiger partial charge on any atom is -0.485 e. The van der Waals surface area contributed by atoms with E-state index in [1.807, 2.05) is 12.3 Å². The number of hydrogen-bond donors (Lipinski definition) is 3. The molecular formula is C21H30N2O7. The minimum absolute atomic E-state index is 0.125. The molecule has 1 aliphatic rings. The maximum atomic E-state index is 12.3. The molecule has 0 saturated heterocycles. The van der Waals surface area contributed by atoms with Crippen molar-refractivity contribution in [3.63, 3.8) is 0 Å². The number of H-pyrrole nitrogens is 1. The molecule has 0 bridgehead atoms. The normalized spacial score (nSPS) is 15.0. The molecule has 0 fully saturated rings. The van der Waals surface area contributed by atoms with Crippen molar-refractivity contribution in [2.24, 2.45) is 0 Å². The number of hydrogen-bond acceptors (Lipinski definition) is 6. The van der Waals surface area contributed by atoms with E-state index < -0.39 is 5.97 Å².